The number of nitrogens with zero attached hydrogens (tertiary/aromatic N) is 1. The maximum atomic E-state index is 13.0. The minimum atomic E-state index is -0.522. The van der Waals surface area contributed by atoms with Gasteiger partial charge >= 0.3 is 0 Å². The summed E-state index contributed by atoms with van der Waals surface area (Å²) in [5, 5.41) is 13.5. The van der Waals surface area contributed by atoms with Crippen molar-refractivity contribution in [2.45, 2.75) is 13.3 Å². The van der Waals surface area contributed by atoms with Gasteiger partial charge < -0.3 is 5.32 Å². The maximum absolute atomic E-state index is 13.0. The Labute approximate surface area is 120 Å². The van der Waals surface area contributed by atoms with Crippen molar-refractivity contribution in [3.8, 4) is 0 Å². The summed E-state index contributed by atoms with van der Waals surface area (Å²) in [6.45, 7) is 1.67. The summed E-state index contributed by atoms with van der Waals surface area (Å²) >= 11 is 0. The molecule has 6 heteroatoms. The van der Waals surface area contributed by atoms with Crippen LogP contribution in [0.5, 0.6) is 0 Å². The fourth-order valence-electron chi connectivity index (χ4n) is 1.97. The average molecular weight is 288 g/mol. The standard InChI is InChI=1S/C15H13FN2O3/c1-10-8-12(16)6-7-13(10)17-15(19)9-11-4-2-3-5-14(11)18(20)21/h2-8H,9H2,1H3,(H,17,19). The average Bonchev–Trinajstić information content (AvgIpc) is 2.42. The van der Waals surface area contributed by atoms with E-state index in [4.69, 9.17) is 0 Å². The Morgan fingerprint density at radius 2 is 2.00 bits per heavy atom. The van der Waals surface area contributed by atoms with Gasteiger partial charge in [0, 0.05) is 17.3 Å². The van der Waals surface area contributed by atoms with Crippen molar-refractivity contribution in [2.24, 2.45) is 0 Å². The van der Waals surface area contributed by atoms with Gasteiger partial charge in [-0.15, -0.1) is 0 Å². The van der Waals surface area contributed by atoms with E-state index in [-0.39, 0.29) is 23.8 Å². The molecule has 0 fully saturated rings. The molecule has 1 amide bonds. The minimum Gasteiger partial charge on any atom is -0.326 e. The molecule has 0 radical (unpaired) electrons. The van der Waals surface area contributed by atoms with Gasteiger partial charge in [-0.3, -0.25) is 14.9 Å². The number of carbonyl (C=O) groups excluding carboxylic acids is 1. The molecule has 21 heavy (non-hydrogen) atoms. The van der Waals surface area contributed by atoms with Crippen molar-refractivity contribution in [3.05, 3.63) is 69.5 Å². The minimum absolute atomic E-state index is 0.0940. The van der Waals surface area contributed by atoms with Crippen LogP contribution in [0.4, 0.5) is 15.8 Å². The lowest BCUT2D eigenvalue weighted by molar-refractivity contribution is -0.385. The summed E-state index contributed by atoms with van der Waals surface area (Å²) in [6, 6.07) is 10.1. The van der Waals surface area contributed by atoms with E-state index in [2.05, 4.69) is 5.32 Å². The summed E-state index contributed by atoms with van der Waals surface area (Å²) in [4.78, 5) is 22.3. The molecule has 108 valence electrons. The molecule has 0 bridgehead atoms. The Morgan fingerprint density at radius 3 is 2.67 bits per heavy atom. The van der Waals surface area contributed by atoms with Crippen LogP contribution in [0.25, 0.3) is 0 Å². The van der Waals surface area contributed by atoms with Crippen LogP contribution >= 0.6 is 0 Å². The predicted octanol–water partition coefficient (Wildman–Crippen LogP) is 3.22. The van der Waals surface area contributed by atoms with Gasteiger partial charge in [-0.1, -0.05) is 18.2 Å². The highest BCUT2D eigenvalue weighted by Crippen LogP contribution is 2.20. The second-order valence-electron chi connectivity index (χ2n) is 4.57. The third-order valence-corrected chi connectivity index (χ3v) is 3.00. The first-order valence-corrected chi connectivity index (χ1v) is 6.25. The van der Waals surface area contributed by atoms with E-state index in [1.165, 1.54) is 30.3 Å². The van der Waals surface area contributed by atoms with Crippen LogP contribution in [0.1, 0.15) is 11.1 Å². The number of nitro benzene ring substituents is 1. The van der Waals surface area contributed by atoms with Crippen LogP contribution < -0.4 is 5.32 Å². The normalized spacial score (nSPS) is 10.2. The van der Waals surface area contributed by atoms with Gasteiger partial charge in [-0.05, 0) is 30.7 Å². The molecule has 0 heterocycles. The molecule has 0 saturated carbocycles. The molecule has 1 N–H and O–H groups in total. The second-order valence-corrected chi connectivity index (χ2v) is 4.57. The van der Waals surface area contributed by atoms with Gasteiger partial charge in [-0.2, -0.15) is 0 Å². The number of hydrogen-bond acceptors (Lipinski definition) is 3. The number of nitro groups is 1. The van der Waals surface area contributed by atoms with Crippen molar-refractivity contribution in [1.82, 2.24) is 0 Å². The van der Waals surface area contributed by atoms with Gasteiger partial charge in [0.2, 0.25) is 5.91 Å². The van der Waals surface area contributed by atoms with Crippen molar-refractivity contribution in [1.29, 1.82) is 0 Å². The number of halogens is 1. The van der Waals surface area contributed by atoms with Crippen molar-refractivity contribution >= 4 is 17.3 Å². The van der Waals surface area contributed by atoms with E-state index in [0.29, 0.717) is 16.8 Å². The largest absolute Gasteiger partial charge is 0.326 e. The number of benzene rings is 2. The maximum Gasteiger partial charge on any atom is 0.273 e. The molecular formula is C15H13FN2O3. The lowest BCUT2D eigenvalue weighted by Crippen LogP contribution is -2.16. The van der Waals surface area contributed by atoms with Gasteiger partial charge in [0.15, 0.2) is 0 Å². The van der Waals surface area contributed by atoms with E-state index in [9.17, 15) is 19.3 Å². The smallest absolute Gasteiger partial charge is 0.273 e. The van der Waals surface area contributed by atoms with Crippen LogP contribution in [0.3, 0.4) is 0 Å². The van der Waals surface area contributed by atoms with Gasteiger partial charge in [0.05, 0.1) is 11.3 Å². The number of hydrogen-bond donors (Lipinski definition) is 1. The first-order chi connectivity index (χ1) is 9.97. The summed E-state index contributed by atoms with van der Waals surface area (Å²) in [7, 11) is 0. The Bertz CT molecular complexity index is 701. The summed E-state index contributed by atoms with van der Waals surface area (Å²) in [5.74, 6) is -0.775. The zero-order chi connectivity index (χ0) is 15.4. The number of aryl methyl sites for hydroxylation is 1. The van der Waals surface area contributed by atoms with Crippen LogP contribution in [0.15, 0.2) is 42.5 Å². The Morgan fingerprint density at radius 1 is 1.29 bits per heavy atom. The molecule has 0 aliphatic carbocycles. The molecule has 2 rings (SSSR count). The molecule has 5 nitrogen and oxygen atoms in total. The van der Waals surface area contributed by atoms with Gasteiger partial charge in [-0.25, -0.2) is 4.39 Å². The molecule has 0 aliphatic rings. The molecule has 0 unspecified atom stereocenters. The summed E-state index contributed by atoms with van der Waals surface area (Å²) < 4.78 is 13.0. The fraction of sp³-hybridized carbons (Fsp3) is 0.133. The van der Waals surface area contributed by atoms with Crippen molar-refractivity contribution < 1.29 is 14.1 Å². The molecule has 2 aromatic rings. The number of carbonyl (C=O) groups is 1. The van der Waals surface area contributed by atoms with Crippen LogP contribution in [0, 0.1) is 22.9 Å². The molecule has 0 aromatic heterocycles. The monoisotopic (exact) mass is 288 g/mol. The molecule has 0 saturated heterocycles. The molecule has 0 aliphatic heterocycles. The quantitative estimate of drug-likeness (QED) is 0.693. The zero-order valence-corrected chi connectivity index (χ0v) is 11.3. The number of para-hydroxylation sites is 1. The summed E-state index contributed by atoms with van der Waals surface area (Å²) in [5.41, 5.74) is 1.31. The van der Waals surface area contributed by atoms with E-state index < -0.39 is 4.92 Å². The number of nitrogens with one attached hydrogen (secondary N) is 1. The zero-order valence-electron chi connectivity index (χ0n) is 11.3. The molecule has 0 spiro atoms. The van der Waals surface area contributed by atoms with Gasteiger partial charge in [0.1, 0.15) is 5.82 Å². The van der Waals surface area contributed by atoms with Crippen LogP contribution in [-0.2, 0) is 11.2 Å². The van der Waals surface area contributed by atoms with Crippen molar-refractivity contribution in [3.63, 3.8) is 0 Å². The Hall–Kier alpha value is -2.76. The van der Waals surface area contributed by atoms with E-state index >= 15 is 0 Å². The number of rotatable bonds is 4. The third-order valence-electron chi connectivity index (χ3n) is 3.00. The Kier molecular flexibility index (Phi) is 4.27. The van der Waals surface area contributed by atoms with Gasteiger partial charge in [0.25, 0.3) is 5.69 Å². The van der Waals surface area contributed by atoms with Crippen LogP contribution in [0.2, 0.25) is 0 Å². The van der Waals surface area contributed by atoms with E-state index in [1.807, 2.05) is 0 Å². The highest BCUT2D eigenvalue weighted by atomic mass is 19.1. The highest BCUT2D eigenvalue weighted by Gasteiger charge is 2.15. The second kappa shape index (κ2) is 6.13. The fourth-order valence-corrected chi connectivity index (χ4v) is 1.97. The number of amides is 1. The molecule has 0 atom stereocenters. The highest BCUT2D eigenvalue weighted by molar-refractivity contribution is 5.93. The number of anilines is 1. The lowest BCUT2D eigenvalue weighted by Gasteiger charge is -2.08. The first-order valence-electron chi connectivity index (χ1n) is 6.25. The van der Waals surface area contributed by atoms with Crippen LogP contribution in [-0.4, -0.2) is 10.8 Å². The van der Waals surface area contributed by atoms with E-state index in [0.717, 1.165) is 0 Å². The lowest BCUT2D eigenvalue weighted by atomic mass is 10.1. The Balaban J connectivity index is 2.14. The summed E-state index contributed by atoms with van der Waals surface area (Å²) in [6.07, 6.45) is -0.117. The van der Waals surface area contributed by atoms with Crippen molar-refractivity contribution in [2.75, 3.05) is 5.32 Å². The van der Waals surface area contributed by atoms with E-state index in [1.54, 1.807) is 19.1 Å². The molecule has 2 aromatic carbocycles. The predicted molar refractivity (Wildman–Crippen MR) is 76.6 cm³/mol. The SMILES string of the molecule is Cc1cc(F)ccc1NC(=O)Cc1ccccc1[N+](=O)[O-]. The first kappa shape index (κ1) is 14.6. The molecular weight excluding hydrogens is 275 g/mol. The topological polar surface area (TPSA) is 72.2 Å². The third kappa shape index (κ3) is 3.62.